The monoisotopic (exact) mass is 372 g/mol. The molecule has 2 heterocycles. The number of hydrogen-bond donors (Lipinski definition) is 1. The summed E-state index contributed by atoms with van der Waals surface area (Å²) in [5.41, 5.74) is 2.86. The number of rotatable bonds is 3. The van der Waals surface area contributed by atoms with Crippen LogP contribution in [0, 0.1) is 5.92 Å². The molecule has 1 aliphatic heterocycles. The Morgan fingerprint density at radius 2 is 2.15 bits per heavy atom. The van der Waals surface area contributed by atoms with Crippen LogP contribution >= 0.6 is 11.6 Å². The van der Waals surface area contributed by atoms with E-state index in [-0.39, 0.29) is 11.8 Å². The van der Waals surface area contributed by atoms with E-state index in [1.807, 2.05) is 18.3 Å². The van der Waals surface area contributed by atoms with Crippen molar-refractivity contribution in [2.75, 3.05) is 36.5 Å². The maximum atomic E-state index is 12.6. The Labute approximate surface area is 157 Å². The lowest BCUT2D eigenvalue weighted by molar-refractivity contribution is -0.120. The van der Waals surface area contributed by atoms with Gasteiger partial charge in [0.1, 0.15) is 0 Å². The normalized spacial score (nSPS) is 19.7. The molecule has 1 atom stereocenters. The van der Waals surface area contributed by atoms with Gasteiger partial charge >= 0.3 is 0 Å². The average molecular weight is 373 g/mol. The Kier molecular flexibility index (Phi) is 5.04. The van der Waals surface area contributed by atoms with Gasteiger partial charge in [-0.05, 0) is 43.0 Å². The Balaban J connectivity index is 1.43. The predicted octanol–water partition coefficient (Wildman–Crippen LogP) is 2.71. The first-order chi connectivity index (χ1) is 12.7. The highest BCUT2D eigenvalue weighted by Gasteiger charge is 2.27. The molecule has 6 nitrogen and oxygen atoms in total. The standard InChI is InChI=1S/C19H21ClN4O2/c20-15-2-1-3-16(11-15)22-18(25)13-4-5-17-14(10-13)12-21-19(23-17)24-6-8-26-9-7-24/h1-3,11-13H,4-10H2,(H,22,25)/t13-/m1/s1. The molecule has 1 amide bonds. The molecule has 1 saturated heterocycles. The van der Waals surface area contributed by atoms with Crippen LogP contribution in [-0.4, -0.2) is 42.2 Å². The first kappa shape index (κ1) is 17.2. The van der Waals surface area contributed by atoms with E-state index >= 15 is 0 Å². The highest BCUT2D eigenvalue weighted by atomic mass is 35.5. The third kappa shape index (κ3) is 3.81. The van der Waals surface area contributed by atoms with Crippen molar-refractivity contribution in [3.8, 4) is 0 Å². The van der Waals surface area contributed by atoms with Crippen LogP contribution in [0.3, 0.4) is 0 Å². The van der Waals surface area contributed by atoms with Gasteiger partial charge in [0.2, 0.25) is 11.9 Å². The molecule has 4 rings (SSSR count). The largest absolute Gasteiger partial charge is 0.378 e. The number of nitrogens with zero attached hydrogens (tertiary/aromatic N) is 3. The van der Waals surface area contributed by atoms with Crippen LogP contribution in [-0.2, 0) is 22.4 Å². The molecule has 26 heavy (non-hydrogen) atoms. The second-order valence-electron chi connectivity index (χ2n) is 6.68. The van der Waals surface area contributed by atoms with E-state index in [0.29, 0.717) is 24.7 Å². The summed E-state index contributed by atoms with van der Waals surface area (Å²) in [7, 11) is 0. The third-order valence-electron chi connectivity index (χ3n) is 4.89. The summed E-state index contributed by atoms with van der Waals surface area (Å²) in [6.45, 7) is 3.07. The molecule has 0 unspecified atom stereocenters. The van der Waals surface area contributed by atoms with E-state index < -0.39 is 0 Å². The Hall–Kier alpha value is -2.18. The van der Waals surface area contributed by atoms with Gasteiger partial charge in [0, 0.05) is 41.6 Å². The maximum absolute atomic E-state index is 12.6. The smallest absolute Gasteiger partial charge is 0.227 e. The average Bonchev–Trinajstić information content (AvgIpc) is 2.68. The lowest BCUT2D eigenvalue weighted by atomic mass is 9.86. The van der Waals surface area contributed by atoms with Crippen molar-refractivity contribution in [2.24, 2.45) is 5.92 Å². The summed E-state index contributed by atoms with van der Waals surface area (Å²) < 4.78 is 5.38. The van der Waals surface area contributed by atoms with Crippen LogP contribution in [0.15, 0.2) is 30.5 Å². The molecular formula is C19H21ClN4O2. The van der Waals surface area contributed by atoms with Crippen LogP contribution in [0.25, 0.3) is 0 Å². The zero-order valence-electron chi connectivity index (χ0n) is 14.4. The zero-order chi connectivity index (χ0) is 17.9. The summed E-state index contributed by atoms with van der Waals surface area (Å²) in [6, 6.07) is 7.22. The molecule has 0 radical (unpaired) electrons. The van der Waals surface area contributed by atoms with Crippen molar-refractivity contribution in [3.05, 3.63) is 46.7 Å². The molecule has 1 fully saturated rings. The van der Waals surface area contributed by atoms with Crippen LogP contribution in [0.1, 0.15) is 17.7 Å². The van der Waals surface area contributed by atoms with Gasteiger partial charge in [0.15, 0.2) is 0 Å². The fourth-order valence-corrected chi connectivity index (χ4v) is 3.64. The predicted molar refractivity (Wildman–Crippen MR) is 101 cm³/mol. The summed E-state index contributed by atoms with van der Waals surface area (Å²) in [5, 5.41) is 3.57. The van der Waals surface area contributed by atoms with Gasteiger partial charge in [-0.25, -0.2) is 9.97 Å². The number of fused-ring (bicyclic) bond motifs is 1. The number of aromatic nitrogens is 2. The number of morpholine rings is 1. The second kappa shape index (κ2) is 7.60. The van der Waals surface area contributed by atoms with Gasteiger partial charge < -0.3 is 15.0 Å². The van der Waals surface area contributed by atoms with Gasteiger partial charge in [-0.3, -0.25) is 4.79 Å². The highest BCUT2D eigenvalue weighted by molar-refractivity contribution is 6.30. The number of benzene rings is 1. The van der Waals surface area contributed by atoms with E-state index in [1.165, 1.54) is 0 Å². The molecular weight excluding hydrogens is 352 g/mol. The summed E-state index contributed by atoms with van der Waals surface area (Å²) in [5.74, 6) is 0.725. The SMILES string of the molecule is O=C(Nc1cccc(Cl)c1)[C@@H]1CCc2nc(N3CCOCC3)ncc2C1. The van der Waals surface area contributed by atoms with Gasteiger partial charge in [-0.2, -0.15) is 0 Å². The van der Waals surface area contributed by atoms with Gasteiger partial charge in [-0.15, -0.1) is 0 Å². The minimum atomic E-state index is -0.0701. The number of amides is 1. The van der Waals surface area contributed by atoms with E-state index in [4.69, 9.17) is 21.3 Å². The van der Waals surface area contributed by atoms with Gasteiger partial charge in [-0.1, -0.05) is 17.7 Å². The number of aryl methyl sites for hydroxylation is 1. The Morgan fingerprint density at radius 1 is 1.31 bits per heavy atom. The van der Waals surface area contributed by atoms with Crippen molar-refractivity contribution in [2.45, 2.75) is 19.3 Å². The highest BCUT2D eigenvalue weighted by Crippen LogP contribution is 2.27. The van der Waals surface area contributed by atoms with Crippen LogP contribution in [0.2, 0.25) is 5.02 Å². The Morgan fingerprint density at radius 3 is 2.96 bits per heavy atom. The third-order valence-corrected chi connectivity index (χ3v) is 5.13. The molecule has 2 aromatic rings. The van der Waals surface area contributed by atoms with Crippen molar-refractivity contribution in [3.63, 3.8) is 0 Å². The van der Waals surface area contributed by atoms with E-state index in [1.54, 1.807) is 12.1 Å². The second-order valence-corrected chi connectivity index (χ2v) is 7.12. The zero-order valence-corrected chi connectivity index (χ0v) is 15.2. The fourth-order valence-electron chi connectivity index (χ4n) is 3.45. The lowest BCUT2D eigenvalue weighted by Gasteiger charge is -2.28. The van der Waals surface area contributed by atoms with E-state index in [2.05, 4.69) is 15.2 Å². The Bertz CT molecular complexity index is 808. The molecule has 7 heteroatoms. The molecule has 136 valence electrons. The number of nitrogens with one attached hydrogen (secondary N) is 1. The summed E-state index contributed by atoms with van der Waals surface area (Å²) in [6.07, 6.45) is 4.14. The number of anilines is 2. The minimum absolute atomic E-state index is 0.0233. The van der Waals surface area contributed by atoms with Crippen molar-refractivity contribution >= 4 is 29.1 Å². The number of carbonyl (C=O) groups excluding carboxylic acids is 1. The number of ether oxygens (including phenoxy) is 1. The van der Waals surface area contributed by atoms with E-state index in [0.717, 1.165) is 48.8 Å². The van der Waals surface area contributed by atoms with Gasteiger partial charge in [0.05, 0.1) is 13.2 Å². The minimum Gasteiger partial charge on any atom is -0.378 e. The van der Waals surface area contributed by atoms with Crippen LogP contribution in [0.4, 0.5) is 11.6 Å². The molecule has 0 bridgehead atoms. The summed E-state index contributed by atoms with van der Waals surface area (Å²) >= 11 is 5.98. The number of carbonyl (C=O) groups is 1. The first-order valence-corrected chi connectivity index (χ1v) is 9.31. The number of hydrogen-bond acceptors (Lipinski definition) is 5. The van der Waals surface area contributed by atoms with Gasteiger partial charge in [0.25, 0.3) is 0 Å². The topological polar surface area (TPSA) is 67.4 Å². The molecule has 1 aliphatic carbocycles. The molecule has 0 spiro atoms. The van der Waals surface area contributed by atoms with Crippen molar-refractivity contribution < 1.29 is 9.53 Å². The van der Waals surface area contributed by atoms with E-state index in [9.17, 15) is 4.79 Å². The molecule has 1 aromatic heterocycles. The maximum Gasteiger partial charge on any atom is 0.227 e. The quantitative estimate of drug-likeness (QED) is 0.897. The molecule has 1 N–H and O–H groups in total. The lowest BCUT2D eigenvalue weighted by Crippen LogP contribution is -2.38. The van der Waals surface area contributed by atoms with Crippen LogP contribution in [0.5, 0.6) is 0 Å². The van der Waals surface area contributed by atoms with Crippen molar-refractivity contribution in [1.82, 2.24) is 9.97 Å². The first-order valence-electron chi connectivity index (χ1n) is 8.93. The fraction of sp³-hybridized carbons (Fsp3) is 0.421. The number of halogens is 1. The molecule has 0 saturated carbocycles. The molecule has 2 aliphatic rings. The summed E-state index contributed by atoms with van der Waals surface area (Å²) in [4.78, 5) is 24.0. The van der Waals surface area contributed by atoms with Crippen LogP contribution < -0.4 is 10.2 Å². The van der Waals surface area contributed by atoms with Crippen molar-refractivity contribution in [1.29, 1.82) is 0 Å². The molecule has 1 aromatic carbocycles.